The predicted octanol–water partition coefficient (Wildman–Crippen LogP) is 3.61. The Hall–Kier alpha value is -4.63. The van der Waals surface area contributed by atoms with E-state index in [0.29, 0.717) is 0 Å². The summed E-state index contributed by atoms with van der Waals surface area (Å²) >= 11 is 0. The van der Waals surface area contributed by atoms with Gasteiger partial charge in [-0.15, -0.1) is 0 Å². The SMILES string of the molecule is O=[N+]([O-])c1ccc(NN=C[Si](c2ccccc2)(c2ccccc2)c2ccccc2)c([N+](=O)[O-])c1. The molecule has 0 aliphatic heterocycles. The number of nitrogens with one attached hydrogen (secondary N) is 1. The molecule has 34 heavy (non-hydrogen) atoms. The quantitative estimate of drug-likeness (QED) is 0.140. The first-order valence-corrected chi connectivity index (χ1v) is 12.5. The smallest absolute Gasteiger partial charge is 0.272 e. The van der Waals surface area contributed by atoms with Crippen molar-refractivity contribution in [3.05, 3.63) is 129 Å². The fraction of sp³-hybridized carbons (Fsp3) is 0. The van der Waals surface area contributed by atoms with E-state index in [1.165, 1.54) is 12.1 Å². The molecule has 0 bridgehead atoms. The van der Waals surface area contributed by atoms with Crippen LogP contribution in [0.2, 0.25) is 0 Å². The van der Waals surface area contributed by atoms with Crippen molar-refractivity contribution >= 4 is 46.5 Å². The van der Waals surface area contributed by atoms with Gasteiger partial charge in [0, 0.05) is 11.9 Å². The first kappa shape index (κ1) is 22.6. The van der Waals surface area contributed by atoms with E-state index in [1.807, 2.05) is 60.4 Å². The van der Waals surface area contributed by atoms with E-state index < -0.39 is 23.6 Å². The van der Waals surface area contributed by atoms with Crippen LogP contribution >= 0.6 is 0 Å². The van der Waals surface area contributed by atoms with Crippen molar-refractivity contribution in [3.63, 3.8) is 0 Å². The molecule has 4 aromatic carbocycles. The van der Waals surface area contributed by atoms with Crippen LogP contribution in [0.4, 0.5) is 17.1 Å². The lowest BCUT2D eigenvalue weighted by Crippen LogP contribution is -2.69. The molecule has 0 fully saturated rings. The first-order valence-electron chi connectivity index (χ1n) is 10.4. The Balaban J connectivity index is 1.85. The molecule has 0 aliphatic carbocycles. The van der Waals surface area contributed by atoms with Crippen molar-refractivity contribution in [3.8, 4) is 0 Å². The van der Waals surface area contributed by atoms with E-state index in [0.717, 1.165) is 21.6 Å². The Morgan fingerprint density at radius 3 is 1.56 bits per heavy atom. The van der Waals surface area contributed by atoms with Gasteiger partial charge in [-0.1, -0.05) is 91.0 Å². The van der Waals surface area contributed by atoms with Gasteiger partial charge in [0.1, 0.15) is 5.69 Å². The number of hydrazone groups is 1. The minimum absolute atomic E-state index is 0.0731. The summed E-state index contributed by atoms with van der Waals surface area (Å²) in [7, 11) is -2.78. The molecule has 0 radical (unpaired) electrons. The number of non-ortho nitro benzene ring substituents is 1. The van der Waals surface area contributed by atoms with E-state index in [4.69, 9.17) is 0 Å². The molecular formula is C25H20N4O4Si. The van der Waals surface area contributed by atoms with Gasteiger partial charge in [-0.25, -0.2) is 0 Å². The van der Waals surface area contributed by atoms with Crippen molar-refractivity contribution in [1.29, 1.82) is 0 Å². The molecule has 4 rings (SSSR count). The van der Waals surface area contributed by atoms with Gasteiger partial charge in [0.05, 0.1) is 15.9 Å². The number of nitro groups is 2. The normalized spacial score (nSPS) is 11.3. The van der Waals surface area contributed by atoms with Gasteiger partial charge in [-0.05, 0) is 21.6 Å². The van der Waals surface area contributed by atoms with Gasteiger partial charge in [-0.2, -0.15) is 5.10 Å². The van der Waals surface area contributed by atoms with Crippen LogP contribution in [0.15, 0.2) is 114 Å². The van der Waals surface area contributed by atoms with Crippen molar-refractivity contribution in [2.75, 3.05) is 5.43 Å². The predicted molar refractivity (Wildman–Crippen MR) is 136 cm³/mol. The second kappa shape index (κ2) is 9.88. The maximum absolute atomic E-state index is 11.5. The molecule has 0 unspecified atom stereocenters. The molecule has 0 amide bonds. The summed E-state index contributed by atoms with van der Waals surface area (Å²) in [6.07, 6.45) is 0. The zero-order chi connectivity index (χ0) is 24.0. The first-order chi connectivity index (χ1) is 16.5. The summed E-state index contributed by atoms with van der Waals surface area (Å²) in [5.74, 6) is 1.85. The summed E-state index contributed by atoms with van der Waals surface area (Å²) < 4.78 is 0. The highest BCUT2D eigenvalue weighted by atomic mass is 28.3. The Morgan fingerprint density at radius 1 is 0.676 bits per heavy atom. The molecule has 0 atom stereocenters. The number of nitro benzene ring substituents is 2. The van der Waals surface area contributed by atoms with E-state index in [-0.39, 0.29) is 11.4 Å². The fourth-order valence-electron chi connectivity index (χ4n) is 3.90. The number of nitrogens with zero attached hydrogens (tertiary/aromatic N) is 3. The van der Waals surface area contributed by atoms with Crippen LogP contribution in [0, 0.1) is 20.2 Å². The molecule has 1 N–H and O–H groups in total. The number of benzene rings is 4. The number of anilines is 1. The van der Waals surface area contributed by atoms with Crippen molar-refractivity contribution in [2.45, 2.75) is 0 Å². The van der Waals surface area contributed by atoms with Gasteiger partial charge >= 0.3 is 5.69 Å². The average molecular weight is 469 g/mol. The highest BCUT2D eigenvalue weighted by Gasteiger charge is 2.38. The second-order valence-corrected chi connectivity index (χ2v) is 11.1. The van der Waals surface area contributed by atoms with Crippen LogP contribution in [-0.4, -0.2) is 23.8 Å². The van der Waals surface area contributed by atoms with Crippen LogP contribution in [-0.2, 0) is 0 Å². The minimum atomic E-state index is -2.78. The maximum Gasteiger partial charge on any atom is 0.301 e. The zero-order valence-corrected chi connectivity index (χ0v) is 18.9. The van der Waals surface area contributed by atoms with Crippen LogP contribution in [0.25, 0.3) is 0 Å². The second-order valence-electron chi connectivity index (χ2n) is 7.49. The van der Waals surface area contributed by atoms with Gasteiger partial charge in [0.15, 0.2) is 8.07 Å². The molecule has 8 nitrogen and oxygen atoms in total. The Morgan fingerprint density at radius 2 is 1.15 bits per heavy atom. The molecule has 4 aromatic rings. The molecule has 0 saturated carbocycles. The summed E-state index contributed by atoms with van der Waals surface area (Å²) in [5.41, 5.74) is 2.06. The highest BCUT2D eigenvalue weighted by molar-refractivity contribution is 7.27. The van der Waals surface area contributed by atoms with Crippen molar-refractivity contribution < 1.29 is 9.85 Å². The average Bonchev–Trinajstić information content (AvgIpc) is 2.88. The number of rotatable bonds is 8. The van der Waals surface area contributed by atoms with E-state index in [2.05, 4.69) is 46.9 Å². The molecular weight excluding hydrogens is 448 g/mol. The third kappa shape index (κ3) is 4.45. The van der Waals surface area contributed by atoms with E-state index in [9.17, 15) is 20.2 Å². The molecule has 0 aromatic heterocycles. The molecule has 9 heteroatoms. The third-order valence-electron chi connectivity index (χ3n) is 5.52. The lowest BCUT2D eigenvalue weighted by atomic mass is 10.2. The molecule has 0 spiro atoms. The van der Waals surface area contributed by atoms with Crippen molar-refractivity contribution in [1.82, 2.24) is 0 Å². The van der Waals surface area contributed by atoms with E-state index >= 15 is 0 Å². The van der Waals surface area contributed by atoms with Gasteiger partial charge < -0.3 is 0 Å². The maximum atomic E-state index is 11.5. The third-order valence-corrected chi connectivity index (χ3v) is 9.77. The standard InChI is InChI=1S/C25H20N4O4Si/c30-28(31)20-16-17-24(25(18-20)29(32)33)27-26-19-34(21-10-4-1-5-11-21,22-12-6-2-7-13-22)23-14-8-3-9-15-23/h1-19,27H. The van der Waals surface area contributed by atoms with Crippen LogP contribution in [0.5, 0.6) is 0 Å². The highest BCUT2D eigenvalue weighted by Crippen LogP contribution is 2.28. The van der Waals surface area contributed by atoms with Gasteiger partial charge in [0.2, 0.25) is 0 Å². The van der Waals surface area contributed by atoms with Gasteiger partial charge in [-0.3, -0.25) is 25.7 Å². The number of hydrogen-bond donors (Lipinski definition) is 1. The summed E-state index contributed by atoms with van der Waals surface area (Å²) in [4.78, 5) is 21.2. The Labute approximate surface area is 196 Å². The summed E-state index contributed by atoms with van der Waals surface area (Å²) in [5, 5.41) is 30.3. The lowest BCUT2D eigenvalue weighted by Gasteiger charge is -2.29. The van der Waals surface area contributed by atoms with Crippen LogP contribution < -0.4 is 21.0 Å². The van der Waals surface area contributed by atoms with Gasteiger partial charge in [0.25, 0.3) is 5.69 Å². The summed E-state index contributed by atoms with van der Waals surface area (Å²) in [6.45, 7) is 0. The van der Waals surface area contributed by atoms with Crippen LogP contribution in [0.3, 0.4) is 0 Å². The Bertz CT molecular complexity index is 1240. The number of hydrogen-bond acceptors (Lipinski definition) is 6. The van der Waals surface area contributed by atoms with Crippen molar-refractivity contribution in [2.24, 2.45) is 5.10 Å². The fourth-order valence-corrected chi connectivity index (χ4v) is 7.76. The minimum Gasteiger partial charge on any atom is -0.272 e. The Kier molecular flexibility index (Phi) is 6.56. The van der Waals surface area contributed by atoms with E-state index in [1.54, 1.807) is 0 Å². The monoisotopic (exact) mass is 468 g/mol. The zero-order valence-electron chi connectivity index (χ0n) is 17.9. The topological polar surface area (TPSA) is 111 Å². The molecule has 0 heterocycles. The largest absolute Gasteiger partial charge is 0.301 e. The molecule has 0 saturated heterocycles. The lowest BCUT2D eigenvalue weighted by molar-refractivity contribution is -0.393. The summed E-state index contributed by atoms with van der Waals surface area (Å²) in [6, 6.07) is 33.5. The molecule has 0 aliphatic rings. The molecule has 168 valence electrons. The van der Waals surface area contributed by atoms with Crippen LogP contribution in [0.1, 0.15) is 0 Å².